The minimum Gasteiger partial charge on any atom is -0.361 e. The summed E-state index contributed by atoms with van der Waals surface area (Å²) in [5.74, 6) is -1.71. The lowest BCUT2D eigenvalue weighted by Gasteiger charge is -2.11. The van der Waals surface area contributed by atoms with Crippen molar-refractivity contribution in [1.29, 1.82) is 0 Å². The van der Waals surface area contributed by atoms with Gasteiger partial charge in [-0.15, -0.1) is 0 Å². The molecule has 6 aromatic rings. The molecule has 3 aromatic heterocycles. The Balaban J connectivity index is 1.33. The van der Waals surface area contributed by atoms with Crippen LogP contribution in [-0.4, -0.2) is 15.0 Å². The summed E-state index contributed by atoms with van der Waals surface area (Å²) in [6.07, 6.45) is 5.46. The maximum Gasteiger partial charge on any atom is 0.153 e. The van der Waals surface area contributed by atoms with Crippen LogP contribution in [-0.2, 0) is 6.42 Å². The van der Waals surface area contributed by atoms with Crippen molar-refractivity contribution >= 4 is 39.6 Å². The predicted octanol–water partition coefficient (Wildman–Crippen LogP) is 7.84. The average Bonchev–Trinajstić information content (AvgIpc) is 3.53. The highest BCUT2D eigenvalue weighted by Gasteiger charge is 2.17. The number of aromatic nitrogens is 3. The van der Waals surface area contributed by atoms with Crippen molar-refractivity contribution in [2.24, 2.45) is 0 Å². The second kappa shape index (κ2) is 9.13. The molecule has 0 fully saturated rings. The maximum atomic E-state index is 15.4. The minimum absolute atomic E-state index is 0.0390. The van der Waals surface area contributed by atoms with Crippen molar-refractivity contribution < 1.29 is 13.2 Å². The first-order valence-electron chi connectivity index (χ1n) is 11.2. The number of hydrogen-bond donors (Lipinski definition) is 3. The lowest BCUT2D eigenvalue weighted by molar-refractivity contribution is 0.565. The molecule has 0 saturated heterocycles. The highest BCUT2D eigenvalue weighted by atomic mass is 32.2. The Hall–Kier alpha value is -4.17. The van der Waals surface area contributed by atoms with E-state index < -0.39 is 11.6 Å². The Bertz CT molecular complexity index is 1720. The number of H-pyrrole nitrogens is 2. The molecule has 0 bridgehead atoms. The second-order valence-corrected chi connectivity index (χ2v) is 9.28. The summed E-state index contributed by atoms with van der Waals surface area (Å²) < 4.78 is 46.5. The molecule has 6 rings (SSSR count). The average molecular weight is 501 g/mol. The van der Waals surface area contributed by atoms with E-state index in [1.807, 2.05) is 36.5 Å². The van der Waals surface area contributed by atoms with Crippen LogP contribution < -0.4 is 4.72 Å². The zero-order chi connectivity index (χ0) is 24.6. The van der Waals surface area contributed by atoms with E-state index in [1.165, 1.54) is 24.3 Å². The molecule has 3 heterocycles. The number of fused-ring (bicyclic) bond motifs is 2. The number of hydrogen-bond acceptors (Lipinski definition) is 3. The Morgan fingerprint density at radius 2 is 1.78 bits per heavy atom. The zero-order valence-electron chi connectivity index (χ0n) is 18.8. The molecular formula is C28H19F3N4S. The van der Waals surface area contributed by atoms with Gasteiger partial charge in [0.15, 0.2) is 5.82 Å². The van der Waals surface area contributed by atoms with E-state index in [2.05, 4.69) is 19.7 Å². The van der Waals surface area contributed by atoms with Crippen molar-refractivity contribution in [1.82, 2.24) is 15.0 Å². The van der Waals surface area contributed by atoms with Crippen LogP contribution in [0.1, 0.15) is 11.1 Å². The van der Waals surface area contributed by atoms with Crippen LogP contribution in [0.5, 0.6) is 0 Å². The van der Waals surface area contributed by atoms with Crippen molar-refractivity contribution in [3.05, 3.63) is 114 Å². The summed E-state index contributed by atoms with van der Waals surface area (Å²) in [7, 11) is 0. The first kappa shape index (κ1) is 22.3. The number of pyridine rings is 1. The number of anilines is 1. The Kier molecular flexibility index (Phi) is 5.65. The number of rotatable bonds is 6. The molecule has 0 atom stereocenters. The summed E-state index contributed by atoms with van der Waals surface area (Å²) in [5.41, 5.74) is 4.40. The molecular weight excluding hydrogens is 481 g/mol. The molecule has 0 aliphatic rings. The van der Waals surface area contributed by atoms with Crippen molar-refractivity contribution in [3.63, 3.8) is 0 Å². The van der Waals surface area contributed by atoms with Crippen LogP contribution in [0.2, 0.25) is 0 Å². The smallest absolute Gasteiger partial charge is 0.153 e. The SMILES string of the molecule is Fc1cccc(SNc2ccc(F)c(Cc3c[nH]c4ncc(-c5cccc6[nH]ccc56)cc34)c2F)c1. The van der Waals surface area contributed by atoms with E-state index in [4.69, 9.17) is 0 Å². The molecule has 0 amide bonds. The van der Waals surface area contributed by atoms with E-state index in [0.29, 0.717) is 10.5 Å². The molecule has 3 aromatic carbocycles. The van der Waals surface area contributed by atoms with Crippen LogP contribution in [0.25, 0.3) is 33.1 Å². The zero-order valence-corrected chi connectivity index (χ0v) is 19.6. The molecule has 8 heteroatoms. The van der Waals surface area contributed by atoms with E-state index >= 15 is 4.39 Å². The maximum absolute atomic E-state index is 15.4. The quantitative estimate of drug-likeness (QED) is 0.204. The van der Waals surface area contributed by atoms with E-state index in [0.717, 1.165) is 44.9 Å². The van der Waals surface area contributed by atoms with E-state index in [9.17, 15) is 8.78 Å². The number of nitrogens with one attached hydrogen (secondary N) is 3. The second-order valence-electron chi connectivity index (χ2n) is 8.40. The Labute approximate surface area is 208 Å². The fourth-order valence-corrected chi connectivity index (χ4v) is 5.07. The van der Waals surface area contributed by atoms with Crippen LogP contribution in [0.4, 0.5) is 18.9 Å². The van der Waals surface area contributed by atoms with Gasteiger partial charge in [-0.1, -0.05) is 18.2 Å². The summed E-state index contributed by atoms with van der Waals surface area (Å²) >= 11 is 1.06. The van der Waals surface area contributed by atoms with Gasteiger partial charge in [-0.25, -0.2) is 18.2 Å². The lowest BCUT2D eigenvalue weighted by atomic mass is 9.99. The van der Waals surface area contributed by atoms with E-state index in [-0.39, 0.29) is 23.5 Å². The summed E-state index contributed by atoms with van der Waals surface area (Å²) in [6, 6.07) is 18.5. The molecule has 0 radical (unpaired) electrons. The van der Waals surface area contributed by atoms with Crippen molar-refractivity contribution in [2.75, 3.05) is 4.72 Å². The molecule has 0 aliphatic heterocycles. The summed E-state index contributed by atoms with van der Waals surface area (Å²) in [6.45, 7) is 0. The first-order valence-corrected chi connectivity index (χ1v) is 12.1. The molecule has 4 nitrogen and oxygen atoms in total. The van der Waals surface area contributed by atoms with Crippen LogP contribution in [0, 0.1) is 17.5 Å². The molecule has 178 valence electrons. The van der Waals surface area contributed by atoms with Crippen LogP contribution >= 0.6 is 11.9 Å². The van der Waals surface area contributed by atoms with Gasteiger partial charge >= 0.3 is 0 Å². The third-order valence-corrected chi connectivity index (χ3v) is 6.96. The fraction of sp³-hybridized carbons (Fsp3) is 0.0357. The molecule has 0 spiro atoms. The molecule has 36 heavy (non-hydrogen) atoms. The van der Waals surface area contributed by atoms with Gasteiger partial charge in [0.1, 0.15) is 17.3 Å². The third-order valence-electron chi connectivity index (χ3n) is 6.15. The van der Waals surface area contributed by atoms with Crippen LogP contribution in [0.3, 0.4) is 0 Å². The van der Waals surface area contributed by atoms with Gasteiger partial charge in [-0.2, -0.15) is 0 Å². The number of nitrogens with zero attached hydrogens (tertiary/aromatic N) is 1. The predicted molar refractivity (Wildman–Crippen MR) is 138 cm³/mol. The van der Waals surface area contributed by atoms with Gasteiger partial charge in [-0.05, 0) is 71.6 Å². The lowest BCUT2D eigenvalue weighted by Crippen LogP contribution is -2.01. The number of benzene rings is 3. The molecule has 0 unspecified atom stereocenters. The van der Waals surface area contributed by atoms with Gasteiger partial charge in [0, 0.05) is 57.3 Å². The third kappa shape index (κ3) is 4.09. The largest absolute Gasteiger partial charge is 0.361 e. The van der Waals surface area contributed by atoms with Gasteiger partial charge in [0.2, 0.25) is 0 Å². The normalized spacial score (nSPS) is 11.4. The summed E-state index contributed by atoms with van der Waals surface area (Å²) in [5, 5.41) is 1.87. The Morgan fingerprint density at radius 3 is 2.67 bits per heavy atom. The van der Waals surface area contributed by atoms with Gasteiger partial charge < -0.3 is 14.7 Å². The monoisotopic (exact) mass is 500 g/mol. The highest BCUT2D eigenvalue weighted by Crippen LogP contribution is 2.33. The molecule has 0 aliphatic carbocycles. The summed E-state index contributed by atoms with van der Waals surface area (Å²) in [4.78, 5) is 11.4. The van der Waals surface area contributed by atoms with Crippen LogP contribution in [0.15, 0.2) is 90.2 Å². The number of halogens is 3. The number of aromatic amines is 2. The van der Waals surface area contributed by atoms with Crippen molar-refractivity contribution in [2.45, 2.75) is 11.3 Å². The Morgan fingerprint density at radius 1 is 0.889 bits per heavy atom. The topological polar surface area (TPSA) is 56.5 Å². The fourth-order valence-electron chi connectivity index (χ4n) is 4.36. The minimum atomic E-state index is -0.686. The van der Waals surface area contributed by atoms with Gasteiger partial charge in [0.05, 0.1) is 5.69 Å². The van der Waals surface area contributed by atoms with Gasteiger partial charge in [-0.3, -0.25) is 0 Å². The standard InChI is InChI=1S/C28H19F3N4S/c29-18-3-1-4-19(13-18)36-35-26-8-7-24(30)23(27(26)31)12-17-15-34-28-22(17)11-16(14-33-28)20-5-2-6-25-21(20)9-10-32-25/h1-11,13-15,32,35H,12H2,(H,33,34). The first-order chi connectivity index (χ1) is 17.6. The highest BCUT2D eigenvalue weighted by molar-refractivity contribution is 8.00. The van der Waals surface area contributed by atoms with Gasteiger partial charge in [0.25, 0.3) is 0 Å². The van der Waals surface area contributed by atoms with Crippen molar-refractivity contribution in [3.8, 4) is 11.1 Å². The molecule has 0 saturated carbocycles. The molecule has 3 N–H and O–H groups in total. The van der Waals surface area contributed by atoms with E-state index in [1.54, 1.807) is 24.5 Å².